The second-order valence-corrected chi connectivity index (χ2v) is 4.24. The predicted octanol–water partition coefficient (Wildman–Crippen LogP) is 1.55. The van der Waals surface area contributed by atoms with Crippen LogP contribution < -0.4 is 5.73 Å². The van der Waals surface area contributed by atoms with Crippen molar-refractivity contribution in [3.8, 4) is 0 Å². The fourth-order valence-electron chi connectivity index (χ4n) is 2.12. The number of nitrogens with zero attached hydrogens (tertiary/aromatic N) is 2. The van der Waals surface area contributed by atoms with Gasteiger partial charge in [-0.2, -0.15) is 5.10 Å². The minimum absolute atomic E-state index is 0.230. The molecule has 3 heteroatoms. The lowest BCUT2D eigenvalue weighted by Crippen LogP contribution is -2.21. The van der Waals surface area contributed by atoms with Gasteiger partial charge in [0.1, 0.15) is 0 Å². The quantitative estimate of drug-likeness (QED) is 0.707. The van der Waals surface area contributed by atoms with E-state index < -0.39 is 0 Å². The van der Waals surface area contributed by atoms with Gasteiger partial charge in [0.15, 0.2) is 0 Å². The van der Waals surface area contributed by atoms with E-state index in [-0.39, 0.29) is 6.04 Å². The van der Waals surface area contributed by atoms with Crippen molar-refractivity contribution >= 4 is 0 Å². The Kier molecular flexibility index (Phi) is 1.50. The molecule has 1 aliphatic heterocycles. The van der Waals surface area contributed by atoms with Crippen LogP contribution in [0.5, 0.6) is 0 Å². The molecule has 3 nitrogen and oxygen atoms in total. The van der Waals surface area contributed by atoms with Crippen LogP contribution in [0.2, 0.25) is 0 Å². The molecule has 2 heterocycles. The van der Waals surface area contributed by atoms with Gasteiger partial charge < -0.3 is 5.73 Å². The van der Waals surface area contributed by atoms with Crippen LogP contribution >= 0.6 is 0 Å². The summed E-state index contributed by atoms with van der Waals surface area (Å²) in [7, 11) is 0. The summed E-state index contributed by atoms with van der Waals surface area (Å²) in [5.74, 6) is 0.755. The van der Waals surface area contributed by atoms with Gasteiger partial charge in [-0.1, -0.05) is 0 Å². The number of hydrogen-bond acceptors (Lipinski definition) is 2. The van der Waals surface area contributed by atoms with Crippen molar-refractivity contribution in [3.05, 3.63) is 17.5 Å². The van der Waals surface area contributed by atoms with Crippen LogP contribution in [-0.4, -0.2) is 9.78 Å². The van der Waals surface area contributed by atoms with Crippen molar-refractivity contribution in [2.24, 2.45) is 5.73 Å². The highest BCUT2D eigenvalue weighted by Gasteiger charge is 2.29. The zero-order chi connectivity index (χ0) is 8.84. The van der Waals surface area contributed by atoms with Gasteiger partial charge in [-0.05, 0) is 31.7 Å². The Labute approximate surface area is 77.9 Å². The van der Waals surface area contributed by atoms with Gasteiger partial charge in [0.05, 0.1) is 11.4 Å². The van der Waals surface area contributed by atoms with Crippen molar-refractivity contribution in [1.82, 2.24) is 9.78 Å². The molecule has 2 aliphatic rings. The molecule has 0 spiro atoms. The van der Waals surface area contributed by atoms with E-state index in [0.29, 0.717) is 0 Å². The van der Waals surface area contributed by atoms with E-state index in [1.54, 1.807) is 0 Å². The van der Waals surface area contributed by atoms with Gasteiger partial charge in [0, 0.05) is 18.5 Å². The summed E-state index contributed by atoms with van der Waals surface area (Å²) in [5.41, 5.74) is 8.56. The van der Waals surface area contributed by atoms with Gasteiger partial charge in [-0.25, -0.2) is 0 Å². The topological polar surface area (TPSA) is 43.8 Å². The van der Waals surface area contributed by atoms with Crippen LogP contribution in [0.1, 0.15) is 49.0 Å². The van der Waals surface area contributed by atoms with Crippen LogP contribution in [0.25, 0.3) is 0 Å². The lowest BCUT2D eigenvalue weighted by Gasteiger charge is -2.19. The summed E-state index contributed by atoms with van der Waals surface area (Å²) < 4.78 is 2.11. The molecule has 0 aromatic carbocycles. The standard InChI is InChI=1S/C10H15N3/c11-8-2-1-5-13-10(8)6-9(12-13)7-3-4-7/h6-8H,1-5,11H2/t8-/m1/s1. The Morgan fingerprint density at radius 2 is 2.23 bits per heavy atom. The first-order valence-corrected chi connectivity index (χ1v) is 5.18. The first-order chi connectivity index (χ1) is 6.34. The van der Waals surface area contributed by atoms with Crippen LogP contribution in [-0.2, 0) is 6.54 Å². The molecular formula is C10H15N3. The highest BCUT2D eigenvalue weighted by Crippen LogP contribution is 2.40. The molecule has 1 atom stereocenters. The highest BCUT2D eigenvalue weighted by atomic mass is 15.3. The van der Waals surface area contributed by atoms with E-state index in [0.717, 1.165) is 18.9 Å². The molecule has 1 aromatic heterocycles. The Hall–Kier alpha value is -0.830. The minimum atomic E-state index is 0.230. The largest absolute Gasteiger partial charge is 0.323 e. The molecule has 0 bridgehead atoms. The number of hydrogen-bond donors (Lipinski definition) is 1. The Bertz CT molecular complexity index is 325. The third-order valence-electron chi connectivity index (χ3n) is 3.09. The van der Waals surface area contributed by atoms with E-state index >= 15 is 0 Å². The third-order valence-corrected chi connectivity index (χ3v) is 3.09. The maximum absolute atomic E-state index is 6.02. The molecule has 1 aliphatic carbocycles. The van der Waals surface area contributed by atoms with Gasteiger partial charge in [-0.3, -0.25) is 4.68 Å². The van der Waals surface area contributed by atoms with E-state index in [1.807, 2.05) is 0 Å². The fraction of sp³-hybridized carbons (Fsp3) is 0.700. The van der Waals surface area contributed by atoms with Crippen LogP contribution in [0.4, 0.5) is 0 Å². The first kappa shape index (κ1) is 7.56. The zero-order valence-corrected chi connectivity index (χ0v) is 7.74. The molecule has 0 unspecified atom stereocenters. The van der Waals surface area contributed by atoms with Crippen molar-refractivity contribution in [3.63, 3.8) is 0 Å². The molecule has 13 heavy (non-hydrogen) atoms. The molecule has 0 radical (unpaired) electrons. The van der Waals surface area contributed by atoms with Crippen molar-refractivity contribution in [2.75, 3.05) is 0 Å². The monoisotopic (exact) mass is 177 g/mol. The molecule has 0 saturated heterocycles. The van der Waals surface area contributed by atoms with Crippen molar-refractivity contribution in [1.29, 1.82) is 0 Å². The van der Waals surface area contributed by atoms with E-state index in [9.17, 15) is 0 Å². The molecule has 2 N–H and O–H groups in total. The van der Waals surface area contributed by atoms with Crippen LogP contribution in [0.15, 0.2) is 6.07 Å². The van der Waals surface area contributed by atoms with Gasteiger partial charge in [0.25, 0.3) is 0 Å². The lowest BCUT2D eigenvalue weighted by atomic mass is 10.1. The van der Waals surface area contributed by atoms with E-state index in [2.05, 4.69) is 15.8 Å². The fourth-order valence-corrected chi connectivity index (χ4v) is 2.12. The predicted molar refractivity (Wildman–Crippen MR) is 50.4 cm³/mol. The number of aryl methyl sites for hydroxylation is 1. The van der Waals surface area contributed by atoms with Gasteiger partial charge >= 0.3 is 0 Å². The number of aromatic nitrogens is 2. The summed E-state index contributed by atoms with van der Waals surface area (Å²) in [6, 6.07) is 2.45. The summed E-state index contributed by atoms with van der Waals surface area (Å²) in [6.45, 7) is 1.07. The normalized spacial score (nSPS) is 27.3. The minimum Gasteiger partial charge on any atom is -0.323 e. The molecule has 1 saturated carbocycles. The third kappa shape index (κ3) is 1.18. The lowest BCUT2D eigenvalue weighted by molar-refractivity contribution is 0.429. The van der Waals surface area contributed by atoms with Gasteiger partial charge in [-0.15, -0.1) is 0 Å². The molecule has 1 aromatic rings. The number of fused-ring (bicyclic) bond motifs is 1. The van der Waals surface area contributed by atoms with E-state index in [4.69, 9.17) is 5.73 Å². The average molecular weight is 177 g/mol. The van der Waals surface area contributed by atoms with Crippen molar-refractivity contribution in [2.45, 2.75) is 44.2 Å². The van der Waals surface area contributed by atoms with Crippen LogP contribution in [0, 0.1) is 0 Å². The second-order valence-electron chi connectivity index (χ2n) is 4.24. The molecule has 70 valence electrons. The Morgan fingerprint density at radius 1 is 1.38 bits per heavy atom. The van der Waals surface area contributed by atoms with E-state index in [1.165, 1.54) is 30.7 Å². The van der Waals surface area contributed by atoms with Crippen molar-refractivity contribution < 1.29 is 0 Å². The second kappa shape index (κ2) is 2.58. The highest BCUT2D eigenvalue weighted by molar-refractivity contribution is 5.21. The summed E-state index contributed by atoms with van der Waals surface area (Å²) in [4.78, 5) is 0. The zero-order valence-electron chi connectivity index (χ0n) is 7.74. The summed E-state index contributed by atoms with van der Waals surface area (Å²) >= 11 is 0. The Balaban J connectivity index is 1.99. The number of rotatable bonds is 1. The molecule has 3 rings (SSSR count). The molecular weight excluding hydrogens is 162 g/mol. The smallest absolute Gasteiger partial charge is 0.0659 e. The average Bonchev–Trinajstić information content (AvgIpc) is 2.87. The SMILES string of the molecule is N[C@@H]1CCCn2nc(C3CC3)cc21. The molecule has 0 amide bonds. The molecule has 1 fully saturated rings. The first-order valence-electron chi connectivity index (χ1n) is 5.18. The summed E-state index contributed by atoms with van der Waals surface area (Å²) in [5, 5.41) is 4.60. The van der Waals surface area contributed by atoms with Crippen LogP contribution in [0.3, 0.4) is 0 Å². The van der Waals surface area contributed by atoms with Gasteiger partial charge in [0.2, 0.25) is 0 Å². The Morgan fingerprint density at radius 3 is 2.92 bits per heavy atom. The maximum atomic E-state index is 6.02. The summed E-state index contributed by atoms with van der Waals surface area (Å²) in [6.07, 6.45) is 4.95. The maximum Gasteiger partial charge on any atom is 0.0659 e. The number of nitrogens with two attached hydrogens (primary N) is 1.